The van der Waals surface area contributed by atoms with Gasteiger partial charge in [0.25, 0.3) is 0 Å². The zero-order valence-electron chi connectivity index (χ0n) is 4.85. The molecule has 0 spiro atoms. The van der Waals surface area contributed by atoms with Gasteiger partial charge in [0.2, 0.25) is 9.26 Å². The fourth-order valence-corrected chi connectivity index (χ4v) is 2.46. The van der Waals surface area contributed by atoms with Crippen LogP contribution in [0.4, 0.5) is 0 Å². The van der Waals surface area contributed by atoms with Crippen LogP contribution in [0.2, 0.25) is 0 Å². The van der Waals surface area contributed by atoms with E-state index in [0.717, 1.165) is 0 Å². The first-order valence-electron chi connectivity index (χ1n) is 2.41. The van der Waals surface area contributed by atoms with Crippen molar-refractivity contribution in [2.45, 2.75) is 0 Å². The fraction of sp³-hybridized carbons (Fsp3) is 0. The SMILES string of the molecule is O=CC1=CS(=S(=O)=O)C=C1. The Hall–Kier alpha value is -0.680. The van der Waals surface area contributed by atoms with Gasteiger partial charge in [0, 0.05) is 5.57 Å². The van der Waals surface area contributed by atoms with Crippen molar-refractivity contribution in [1.82, 2.24) is 0 Å². The first-order valence-corrected chi connectivity index (χ1v) is 5.35. The van der Waals surface area contributed by atoms with Crippen LogP contribution >= 0.6 is 0 Å². The average molecular weight is 176 g/mol. The Morgan fingerprint density at radius 2 is 2.20 bits per heavy atom. The normalized spacial score (nSPS) is 22.4. The molecule has 10 heavy (non-hydrogen) atoms. The van der Waals surface area contributed by atoms with Gasteiger partial charge in [0.1, 0.15) is 0 Å². The molecule has 0 aromatic rings. The Morgan fingerprint density at radius 1 is 1.50 bits per heavy atom. The van der Waals surface area contributed by atoms with E-state index in [1.54, 1.807) is 0 Å². The summed E-state index contributed by atoms with van der Waals surface area (Å²) in [5.74, 6) is 0. The Kier molecular flexibility index (Phi) is 2.18. The first kappa shape index (κ1) is 7.43. The molecule has 1 heterocycles. The maximum atomic E-state index is 10.3. The molecule has 0 aromatic carbocycles. The predicted octanol–water partition coefficient (Wildman–Crippen LogP) is 0.00890. The Morgan fingerprint density at radius 3 is 2.50 bits per heavy atom. The molecule has 1 rings (SSSR count). The number of rotatable bonds is 1. The third-order valence-electron chi connectivity index (χ3n) is 0.940. The zero-order chi connectivity index (χ0) is 7.56. The van der Waals surface area contributed by atoms with Gasteiger partial charge in [-0.2, -0.15) is 8.42 Å². The van der Waals surface area contributed by atoms with Crippen LogP contribution in [0.25, 0.3) is 0 Å². The highest BCUT2D eigenvalue weighted by atomic mass is 32.9. The summed E-state index contributed by atoms with van der Waals surface area (Å²) in [6.45, 7) is 0. The molecule has 0 N–H and O–H groups in total. The van der Waals surface area contributed by atoms with E-state index in [1.165, 1.54) is 16.9 Å². The van der Waals surface area contributed by atoms with Gasteiger partial charge >= 0.3 is 0 Å². The van der Waals surface area contributed by atoms with Gasteiger partial charge in [-0.25, -0.2) is 0 Å². The van der Waals surface area contributed by atoms with Gasteiger partial charge in [0.15, 0.2) is 6.29 Å². The van der Waals surface area contributed by atoms with Crippen LogP contribution in [0.3, 0.4) is 0 Å². The molecule has 0 amide bonds. The lowest BCUT2D eigenvalue weighted by Gasteiger charge is -1.75. The van der Waals surface area contributed by atoms with Crippen molar-refractivity contribution in [3.05, 3.63) is 22.5 Å². The lowest BCUT2D eigenvalue weighted by Crippen LogP contribution is -1.75. The minimum absolute atomic E-state index is 0.438. The quantitative estimate of drug-likeness (QED) is 0.529. The van der Waals surface area contributed by atoms with Crippen LogP contribution in [-0.2, 0) is 23.5 Å². The summed E-state index contributed by atoms with van der Waals surface area (Å²) < 4.78 is 20.5. The van der Waals surface area contributed by atoms with E-state index >= 15 is 0 Å². The molecule has 1 unspecified atom stereocenters. The second-order valence-corrected chi connectivity index (χ2v) is 5.12. The van der Waals surface area contributed by atoms with Crippen molar-refractivity contribution < 1.29 is 13.2 Å². The Bertz CT molecular complexity index is 337. The summed E-state index contributed by atoms with van der Waals surface area (Å²) in [7, 11) is -2.97. The molecule has 3 nitrogen and oxygen atoms in total. The smallest absolute Gasteiger partial charge is 0.248 e. The molecule has 1 atom stereocenters. The topological polar surface area (TPSA) is 51.2 Å². The van der Waals surface area contributed by atoms with E-state index < -0.39 is 18.7 Å². The van der Waals surface area contributed by atoms with E-state index in [2.05, 4.69) is 0 Å². The van der Waals surface area contributed by atoms with Crippen LogP contribution in [0.1, 0.15) is 0 Å². The van der Waals surface area contributed by atoms with E-state index in [1.807, 2.05) is 0 Å². The molecule has 54 valence electrons. The molecule has 0 radical (unpaired) electrons. The molecule has 1 aliphatic heterocycles. The number of aldehydes is 1. The van der Waals surface area contributed by atoms with Gasteiger partial charge in [-0.05, 0) is 26.3 Å². The fourth-order valence-electron chi connectivity index (χ4n) is 0.510. The molecular weight excluding hydrogens is 172 g/mol. The molecule has 0 bridgehead atoms. The summed E-state index contributed by atoms with van der Waals surface area (Å²) in [6, 6.07) is 0. The molecule has 5 heteroatoms. The Labute approximate surface area is 61.2 Å². The van der Waals surface area contributed by atoms with Crippen molar-refractivity contribution in [2.75, 3.05) is 0 Å². The molecule has 0 saturated carbocycles. The third kappa shape index (κ3) is 1.43. The van der Waals surface area contributed by atoms with Gasteiger partial charge in [-0.1, -0.05) is 0 Å². The largest absolute Gasteiger partial charge is 0.298 e. The number of carbonyl (C=O) groups is 1. The second-order valence-electron chi connectivity index (χ2n) is 1.57. The highest BCUT2D eigenvalue weighted by Gasteiger charge is 2.00. The van der Waals surface area contributed by atoms with Crippen LogP contribution < -0.4 is 0 Å². The third-order valence-corrected chi connectivity index (χ3v) is 3.73. The molecule has 0 aliphatic carbocycles. The summed E-state index contributed by atoms with van der Waals surface area (Å²) in [5, 5.41) is 2.92. The van der Waals surface area contributed by atoms with Crippen LogP contribution in [0.15, 0.2) is 22.5 Å². The zero-order valence-corrected chi connectivity index (χ0v) is 6.48. The van der Waals surface area contributed by atoms with Crippen molar-refractivity contribution in [3.63, 3.8) is 0 Å². The minimum atomic E-state index is -2.11. The monoisotopic (exact) mass is 176 g/mol. The van der Waals surface area contributed by atoms with Gasteiger partial charge < -0.3 is 0 Å². The summed E-state index contributed by atoms with van der Waals surface area (Å²) in [5.41, 5.74) is 0.438. The molecule has 0 saturated heterocycles. The Balaban J connectivity index is 3.20. The van der Waals surface area contributed by atoms with Crippen LogP contribution in [0, 0.1) is 0 Å². The summed E-state index contributed by atoms with van der Waals surface area (Å²) in [4.78, 5) is 10.1. The lowest BCUT2D eigenvalue weighted by molar-refractivity contribution is -0.104. The van der Waals surface area contributed by atoms with E-state index in [9.17, 15) is 13.2 Å². The predicted molar refractivity (Wildman–Crippen MR) is 39.6 cm³/mol. The van der Waals surface area contributed by atoms with Crippen molar-refractivity contribution >= 4 is 25.0 Å². The van der Waals surface area contributed by atoms with Crippen molar-refractivity contribution in [2.24, 2.45) is 0 Å². The molecular formula is C5H4O3S2. The number of hydrogen-bond acceptors (Lipinski definition) is 3. The summed E-state index contributed by atoms with van der Waals surface area (Å²) >= 11 is 0. The maximum Gasteiger partial charge on any atom is 0.248 e. The van der Waals surface area contributed by atoms with Gasteiger partial charge in [-0.3, -0.25) is 4.79 Å². The first-order chi connectivity index (χ1) is 4.74. The van der Waals surface area contributed by atoms with Crippen LogP contribution in [-0.4, -0.2) is 14.7 Å². The molecule has 1 aliphatic rings. The average Bonchev–Trinajstić information content (AvgIpc) is 2.34. The number of carbonyl (C=O) groups excluding carboxylic acids is 1. The van der Waals surface area contributed by atoms with E-state index in [4.69, 9.17) is 0 Å². The molecule has 0 fully saturated rings. The van der Waals surface area contributed by atoms with E-state index in [0.29, 0.717) is 11.9 Å². The highest BCUT2D eigenvalue weighted by Crippen LogP contribution is 2.07. The number of hydrogen-bond donors (Lipinski definition) is 0. The standard InChI is InChI=1S/C5H4O3S2/c6-3-5-1-2-9(4-5)10(7)8/h1-4H. The number of allylic oxidation sites excluding steroid dienone is 2. The van der Waals surface area contributed by atoms with Crippen molar-refractivity contribution in [1.29, 1.82) is 0 Å². The summed E-state index contributed by atoms with van der Waals surface area (Å²) in [6.07, 6.45) is 2.14. The van der Waals surface area contributed by atoms with Gasteiger partial charge in [-0.15, -0.1) is 0 Å². The van der Waals surface area contributed by atoms with E-state index in [-0.39, 0.29) is 0 Å². The van der Waals surface area contributed by atoms with Crippen molar-refractivity contribution in [3.8, 4) is 0 Å². The second kappa shape index (κ2) is 2.94. The maximum absolute atomic E-state index is 10.3. The minimum Gasteiger partial charge on any atom is -0.298 e. The lowest BCUT2D eigenvalue weighted by atomic mass is 10.3. The van der Waals surface area contributed by atoms with Crippen LogP contribution in [0.5, 0.6) is 0 Å². The van der Waals surface area contributed by atoms with Gasteiger partial charge in [0.05, 0.1) is 0 Å². The highest BCUT2D eigenvalue weighted by molar-refractivity contribution is 8.37. The molecule has 0 aromatic heterocycles.